The molecule has 0 aliphatic carbocycles. The molecule has 26 heavy (non-hydrogen) atoms. The second-order valence-corrected chi connectivity index (χ2v) is 5.40. The Morgan fingerprint density at radius 3 is 2.50 bits per heavy atom. The topological polar surface area (TPSA) is 56.8 Å². The Labute approximate surface area is 154 Å². The average molecular weight is 355 g/mol. The van der Waals surface area contributed by atoms with Crippen molar-refractivity contribution in [2.45, 2.75) is 13.8 Å². The molecular formula is C21H25NO4. The molecule has 1 amide bonds. The summed E-state index contributed by atoms with van der Waals surface area (Å²) in [6.45, 7) is 6.20. The zero-order chi connectivity index (χ0) is 18.6. The van der Waals surface area contributed by atoms with Gasteiger partial charge in [-0.2, -0.15) is 0 Å². The number of nitrogens with one attached hydrogen (secondary N) is 1. The van der Waals surface area contributed by atoms with Gasteiger partial charge in [0.1, 0.15) is 18.1 Å². The number of ether oxygens (including phenoxy) is 3. The van der Waals surface area contributed by atoms with Gasteiger partial charge in [0.25, 0.3) is 0 Å². The summed E-state index contributed by atoms with van der Waals surface area (Å²) < 4.78 is 16.2. The SMILES string of the molecule is CCOCCOc1cccc(NC(=O)/C=C/c2ccc(OCC)cc2)c1. The summed E-state index contributed by atoms with van der Waals surface area (Å²) in [5.41, 5.74) is 1.61. The molecular weight excluding hydrogens is 330 g/mol. The van der Waals surface area contributed by atoms with E-state index in [0.717, 1.165) is 11.3 Å². The molecule has 0 saturated heterocycles. The van der Waals surface area contributed by atoms with Gasteiger partial charge in [0.2, 0.25) is 5.91 Å². The number of hydrogen-bond donors (Lipinski definition) is 1. The predicted octanol–water partition coefficient (Wildman–Crippen LogP) is 4.15. The molecule has 0 aliphatic rings. The molecule has 138 valence electrons. The smallest absolute Gasteiger partial charge is 0.248 e. The molecule has 2 aromatic carbocycles. The molecule has 0 bridgehead atoms. The minimum absolute atomic E-state index is 0.203. The number of benzene rings is 2. The maximum Gasteiger partial charge on any atom is 0.248 e. The second-order valence-electron chi connectivity index (χ2n) is 5.40. The van der Waals surface area contributed by atoms with Crippen LogP contribution in [0.1, 0.15) is 19.4 Å². The van der Waals surface area contributed by atoms with Crippen LogP contribution in [0.2, 0.25) is 0 Å². The van der Waals surface area contributed by atoms with Crippen molar-refractivity contribution in [3.05, 3.63) is 60.2 Å². The van der Waals surface area contributed by atoms with Gasteiger partial charge in [-0.3, -0.25) is 4.79 Å². The second kappa shape index (κ2) is 10.9. The van der Waals surface area contributed by atoms with E-state index in [0.29, 0.717) is 37.9 Å². The van der Waals surface area contributed by atoms with E-state index < -0.39 is 0 Å². The maximum absolute atomic E-state index is 12.1. The van der Waals surface area contributed by atoms with Crippen LogP contribution < -0.4 is 14.8 Å². The Kier molecular flexibility index (Phi) is 8.23. The molecule has 2 rings (SSSR count). The highest BCUT2D eigenvalue weighted by Gasteiger charge is 2.01. The van der Waals surface area contributed by atoms with Gasteiger partial charge >= 0.3 is 0 Å². The molecule has 0 aliphatic heterocycles. The fourth-order valence-electron chi connectivity index (χ4n) is 2.22. The summed E-state index contributed by atoms with van der Waals surface area (Å²) in [4.78, 5) is 12.1. The quantitative estimate of drug-likeness (QED) is 0.514. The van der Waals surface area contributed by atoms with Crippen molar-refractivity contribution >= 4 is 17.7 Å². The van der Waals surface area contributed by atoms with Crippen LogP contribution in [0.5, 0.6) is 11.5 Å². The summed E-state index contributed by atoms with van der Waals surface area (Å²) >= 11 is 0. The Balaban J connectivity index is 1.86. The first-order valence-corrected chi connectivity index (χ1v) is 8.73. The van der Waals surface area contributed by atoms with Gasteiger partial charge in [0.05, 0.1) is 13.2 Å². The first-order valence-electron chi connectivity index (χ1n) is 8.73. The number of anilines is 1. The third kappa shape index (κ3) is 6.99. The van der Waals surface area contributed by atoms with E-state index in [4.69, 9.17) is 14.2 Å². The highest BCUT2D eigenvalue weighted by Crippen LogP contribution is 2.17. The van der Waals surface area contributed by atoms with Crippen LogP contribution in [-0.4, -0.2) is 32.3 Å². The Morgan fingerprint density at radius 2 is 1.77 bits per heavy atom. The minimum Gasteiger partial charge on any atom is -0.494 e. The Morgan fingerprint density at radius 1 is 0.962 bits per heavy atom. The van der Waals surface area contributed by atoms with Crippen LogP contribution in [0.4, 0.5) is 5.69 Å². The van der Waals surface area contributed by atoms with Gasteiger partial charge in [-0.15, -0.1) is 0 Å². The van der Waals surface area contributed by atoms with Crippen LogP contribution in [0, 0.1) is 0 Å². The molecule has 1 N–H and O–H groups in total. The van der Waals surface area contributed by atoms with E-state index in [1.54, 1.807) is 12.1 Å². The lowest BCUT2D eigenvalue weighted by Crippen LogP contribution is -2.09. The molecule has 0 saturated carbocycles. The standard InChI is InChI=1S/C21H25NO4/c1-3-24-14-15-26-20-7-5-6-18(16-20)22-21(23)13-10-17-8-11-19(12-9-17)25-4-2/h5-13,16H,3-4,14-15H2,1-2H3,(H,22,23)/b13-10+. The predicted molar refractivity (Wildman–Crippen MR) is 104 cm³/mol. The number of carbonyl (C=O) groups excluding carboxylic acids is 1. The molecule has 0 unspecified atom stereocenters. The fraction of sp³-hybridized carbons (Fsp3) is 0.286. The van der Waals surface area contributed by atoms with E-state index in [1.165, 1.54) is 6.08 Å². The van der Waals surface area contributed by atoms with Crippen molar-refractivity contribution < 1.29 is 19.0 Å². The van der Waals surface area contributed by atoms with E-state index >= 15 is 0 Å². The highest BCUT2D eigenvalue weighted by molar-refractivity contribution is 6.02. The van der Waals surface area contributed by atoms with Crippen LogP contribution in [0.15, 0.2) is 54.6 Å². The molecule has 5 heteroatoms. The van der Waals surface area contributed by atoms with Crippen molar-refractivity contribution in [1.29, 1.82) is 0 Å². The minimum atomic E-state index is -0.203. The molecule has 0 heterocycles. The van der Waals surface area contributed by atoms with E-state index in [-0.39, 0.29) is 5.91 Å². The maximum atomic E-state index is 12.1. The Hall–Kier alpha value is -2.79. The van der Waals surface area contributed by atoms with Crippen LogP contribution >= 0.6 is 0 Å². The lowest BCUT2D eigenvalue weighted by Gasteiger charge is -2.08. The zero-order valence-electron chi connectivity index (χ0n) is 15.2. The average Bonchev–Trinajstić information content (AvgIpc) is 2.65. The summed E-state index contributed by atoms with van der Waals surface area (Å²) in [7, 11) is 0. The molecule has 0 spiro atoms. The van der Waals surface area contributed by atoms with E-state index in [9.17, 15) is 4.79 Å². The van der Waals surface area contributed by atoms with Gasteiger partial charge in [-0.1, -0.05) is 18.2 Å². The monoisotopic (exact) mass is 355 g/mol. The molecule has 0 atom stereocenters. The van der Waals surface area contributed by atoms with Gasteiger partial charge in [-0.05, 0) is 49.8 Å². The lowest BCUT2D eigenvalue weighted by atomic mass is 10.2. The van der Waals surface area contributed by atoms with Crippen LogP contribution in [-0.2, 0) is 9.53 Å². The first-order chi connectivity index (χ1) is 12.7. The first kappa shape index (κ1) is 19.5. The molecule has 5 nitrogen and oxygen atoms in total. The highest BCUT2D eigenvalue weighted by atomic mass is 16.5. The lowest BCUT2D eigenvalue weighted by molar-refractivity contribution is -0.111. The van der Waals surface area contributed by atoms with Gasteiger partial charge in [-0.25, -0.2) is 0 Å². The van der Waals surface area contributed by atoms with Crippen molar-refractivity contribution in [2.24, 2.45) is 0 Å². The van der Waals surface area contributed by atoms with Gasteiger partial charge < -0.3 is 19.5 Å². The van der Waals surface area contributed by atoms with Crippen molar-refractivity contribution in [1.82, 2.24) is 0 Å². The molecule has 2 aromatic rings. The summed E-state index contributed by atoms with van der Waals surface area (Å²) in [5.74, 6) is 1.30. The van der Waals surface area contributed by atoms with E-state index in [2.05, 4.69) is 5.32 Å². The molecule has 0 radical (unpaired) electrons. The van der Waals surface area contributed by atoms with Crippen LogP contribution in [0.3, 0.4) is 0 Å². The van der Waals surface area contributed by atoms with Crippen molar-refractivity contribution in [3.63, 3.8) is 0 Å². The number of rotatable bonds is 10. The normalized spacial score (nSPS) is 10.7. The third-order valence-electron chi connectivity index (χ3n) is 3.42. The zero-order valence-corrected chi connectivity index (χ0v) is 15.2. The Bertz CT molecular complexity index is 710. The fourth-order valence-corrected chi connectivity index (χ4v) is 2.22. The summed E-state index contributed by atoms with van der Waals surface area (Å²) in [6.07, 6.45) is 3.26. The van der Waals surface area contributed by atoms with Gasteiger partial charge in [0, 0.05) is 24.4 Å². The molecule has 0 aromatic heterocycles. The van der Waals surface area contributed by atoms with E-state index in [1.807, 2.05) is 56.3 Å². The largest absolute Gasteiger partial charge is 0.494 e. The molecule has 0 fully saturated rings. The summed E-state index contributed by atoms with van der Waals surface area (Å²) in [6, 6.07) is 14.9. The van der Waals surface area contributed by atoms with Crippen molar-refractivity contribution in [2.75, 3.05) is 31.7 Å². The number of carbonyl (C=O) groups is 1. The third-order valence-corrected chi connectivity index (χ3v) is 3.42. The number of amides is 1. The summed E-state index contributed by atoms with van der Waals surface area (Å²) in [5, 5.41) is 2.82. The van der Waals surface area contributed by atoms with Crippen LogP contribution in [0.25, 0.3) is 6.08 Å². The van der Waals surface area contributed by atoms with Crippen molar-refractivity contribution in [3.8, 4) is 11.5 Å². The van der Waals surface area contributed by atoms with Gasteiger partial charge in [0.15, 0.2) is 0 Å². The number of hydrogen-bond acceptors (Lipinski definition) is 4.